The first-order valence-corrected chi connectivity index (χ1v) is 6.76. The molecule has 0 aliphatic rings. The average Bonchev–Trinajstić information content (AvgIpc) is 2.00. The van der Waals surface area contributed by atoms with Gasteiger partial charge in [0.05, 0.1) is 5.69 Å². The van der Waals surface area contributed by atoms with Crippen LogP contribution in [0.2, 0.25) is 5.15 Å². The van der Waals surface area contributed by atoms with Gasteiger partial charge in [-0.15, -0.1) is 11.4 Å². The molecule has 0 unspecified atom stereocenters. The minimum atomic E-state index is -4.51. The van der Waals surface area contributed by atoms with Crippen molar-refractivity contribution in [3.05, 3.63) is 29.0 Å². The van der Waals surface area contributed by atoms with Gasteiger partial charge in [-0.2, -0.15) is 0 Å². The maximum Gasteiger partial charge on any atom is 1.00 e. The Morgan fingerprint density at radius 2 is 1.94 bits per heavy atom. The van der Waals surface area contributed by atoms with Crippen LogP contribution in [0.3, 0.4) is 0 Å². The van der Waals surface area contributed by atoms with Gasteiger partial charge in [0.25, 0.3) is 0 Å². The van der Waals surface area contributed by atoms with Crippen molar-refractivity contribution in [3.63, 3.8) is 0 Å². The normalized spacial score (nSPS) is 9.44. The van der Waals surface area contributed by atoms with Gasteiger partial charge in [0, 0.05) is 5.75 Å². The average molecular weight is 270 g/mol. The summed E-state index contributed by atoms with van der Waals surface area (Å²) in [5.41, 5.74) is 0.476. The summed E-state index contributed by atoms with van der Waals surface area (Å²) >= 11 is 5.87. The molecule has 16 heavy (non-hydrogen) atoms. The Hall–Kier alpha value is 1.09. The predicted molar refractivity (Wildman–Crippen MR) is 51.8 cm³/mol. The molecule has 10 heteroatoms. The maximum absolute atomic E-state index is 10.3. The van der Waals surface area contributed by atoms with E-state index in [2.05, 4.69) is 4.98 Å². The number of rotatable bonds is 3. The third-order valence-electron chi connectivity index (χ3n) is 1.14. The van der Waals surface area contributed by atoms with E-state index in [1.807, 2.05) is 0 Å². The van der Waals surface area contributed by atoms with Gasteiger partial charge in [0.15, 0.2) is 0 Å². The smallest absolute Gasteiger partial charge is 0.803 e. The van der Waals surface area contributed by atoms with E-state index in [0.29, 0.717) is 17.1 Å². The van der Waals surface area contributed by atoms with E-state index in [1.54, 1.807) is 18.2 Å². The van der Waals surface area contributed by atoms with E-state index in [0.717, 1.165) is 0 Å². The zero-order valence-electron chi connectivity index (χ0n) is 8.84. The fourth-order valence-electron chi connectivity index (χ4n) is 0.676. The summed E-state index contributed by atoms with van der Waals surface area (Å²) in [7, 11) is 0. The third kappa shape index (κ3) is 10.3. The molecule has 0 fully saturated rings. The number of aromatic nitrogens is 1. The van der Waals surface area contributed by atoms with Gasteiger partial charge in [0.1, 0.15) is 5.15 Å². The molecule has 0 saturated carbocycles. The van der Waals surface area contributed by atoms with E-state index >= 15 is 0 Å². The zero-order chi connectivity index (χ0) is 9.90. The van der Waals surface area contributed by atoms with E-state index in [9.17, 15) is 14.4 Å². The van der Waals surface area contributed by atoms with Crippen molar-refractivity contribution in [2.75, 3.05) is 0 Å². The van der Waals surface area contributed by atoms with E-state index in [4.69, 9.17) is 11.6 Å². The van der Waals surface area contributed by atoms with Gasteiger partial charge < -0.3 is 19.8 Å². The van der Waals surface area contributed by atoms with Crippen LogP contribution in [0.15, 0.2) is 18.2 Å². The molecule has 0 aromatic carbocycles. The topological polar surface area (TPSA) is 108 Å². The number of pyridine rings is 1. The fourth-order valence-corrected chi connectivity index (χ4v) is 2.18. The van der Waals surface area contributed by atoms with Crippen LogP contribution in [0.1, 0.15) is 5.69 Å². The summed E-state index contributed by atoms with van der Waals surface area (Å²) in [6.07, 6.45) is 0. The molecule has 1 heterocycles. The maximum atomic E-state index is 10.3. The van der Waals surface area contributed by atoms with Gasteiger partial charge in [0.2, 0.25) is 0 Å². The molecule has 0 amide bonds. The van der Waals surface area contributed by atoms with E-state index in [1.165, 1.54) is 0 Å². The molecule has 0 radical (unpaired) electrons. The largest absolute Gasteiger partial charge is 1.00 e. The van der Waals surface area contributed by atoms with Crippen LogP contribution in [0.4, 0.5) is 0 Å². The first-order chi connectivity index (χ1) is 5.97. The summed E-state index contributed by atoms with van der Waals surface area (Å²) in [6, 6.07) is 4.82. The summed E-state index contributed by atoms with van der Waals surface area (Å²) < 4.78 is 10.3. The minimum absolute atomic E-state index is 0. The van der Waals surface area contributed by atoms with Crippen molar-refractivity contribution in [1.29, 1.82) is 0 Å². The molecule has 1 aromatic rings. The first-order valence-electron chi connectivity index (χ1n) is 3.25. The molecule has 1 rings (SSSR count). The Morgan fingerprint density at radius 3 is 2.38 bits per heavy atom. The number of nitrogens with zero attached hydrogens (tertiary/aromatic N) is 1. The van der Waals surface area contributed by atoms with Crippen molar-refractivity contribution in [2.45, 2.75) is 5.75 Å². The number of hydrogen-bond acceptors (Lipinski definition) is 5. The van der Waals surface area contributed by atoms with E-state index < -0.39 is 6.80 Å². The summed E-state index contributed by atoms with van der Waals surface area (Å²) in [5.74, 6) is 0.0326. The first kappa shape index (κ1) is 22.3. The SMILES string of the molecule is O.O=P([O-])([O-])SCc1cccc(Cl)n1.[Li+].[Li+]. The molecule has 1 aromatic heterocycles. The van der Waals surface area contributed by atoms with Crippen molar-refractivity contribution >= 4 is 29.8 Å². The van der Waals surface area contributed by atoms with Gasteiger partial charge >= 0.3 is 37.7 Å². The number of halogens is 1. The molecular weight excluding hydrogens is 262 g/mol. The fraction of sp³-hybridized carbons (Fsp3) is 0.167. The van der Waals surface area contributed by atoms with Crippen molar-refractivity contribution in [3.8, 4) is 0 Å². The van der Waals surface area contributed by atoms with Gasteiger partial charge in [-0.25, -0.2) is 4.98 Å². The Morgan fingerprint density at radius 1 is 1.38 bits per heavy atom. The summed E-state index contributed by atoms with van der Waals surface area (Å²) in [5, 5.41) is 0.282. The van der Waals surface area contributed by atoms with Crippen LogP contribution < -0.4 is 47.5 Å². The van der Waals surface area contributed by atoms with Crippen LogP contribution in [0, 0.1) is 0 Å². The third-order valence-corrected chi connectivity index (χ3v) is 3.43. The molecule has 0 bridgehead atoms. The molecule has 0 aliphatic heterocycles. The quantitative estimate of drug-likeness (QED) is 0.308. The Bertz CT molecular complexity index is 353. The molecule has 80 valence electrons. The molecule has 0 spiro atoms. The Kier molecular flexibility index (Phi) is 14.0. The van der Waals surface area contributed by atoms with Crippen molar-refractivity contribution < 1.29 is 57.5 Å². The summed E-state index contributed by atoms with van der Waals surface area (Å²) in [6.45, 7) is -4.51. The van der Waals surface area contributed by atoms with Crippen LogP contribution >= 0.6 is 29.8 Å². The monoisotopic (exact) mass is 269 g/mol. The van der Waals surface area contributed by atoms with Gasteiger partial charge in [-0.1, -0.05) is 17.7 Å². The zero-order valence-corrected chi connectivity index (χ0v) is 11.3. The standard InChI is InChI=1S/C6H7ClNO3PS.2Li.H2O/c7-6-3-1-2-5(8-6)4-13-12(9,10)11;;;/h1-3H,4H2,(H2,9,10,11);;;1H2/q;2*+1;/p-2. The molecule has 0 saturated heterocycles. The number of hydrogen-bond donors (Lipinski definition) is 0. The molecule has 2 N–H and O–H groups in total. The second kappa shape index (κ2) is 10.1. The Labute approximate surface area is 126 Å². The molecule has 0 aliphatic carbocycles. The minimum Gasteiger partial charge on any atom is -0.803 e. The van der Waals surface area contributed by atoms with Gasteiger partial charge in [-0.05, 0) is 18.9 Å². The second-order valence-corrected chi connectivity index (χ2v) is 6.12. The molecule has 0 atom stereocenters. The second-order valence-electron chi connectivity index (χ2n) is 2.17. The van der Waals surface area contributed by atoms with Gasteiger partial charge in [-0.3, -0.25) is 0 Å². The predicted octanol–water partition coefficient (Wildman–Crippen LogP) is -6.02. The van der Waals surface area contributed by atoms with Crippen molar-refractivity contribution in [2.24, 2.45) is 0 Å². The molecule has 5 nitrogen and oxygen atoms in total. The van der Waals surface area contributed by atoms with Crippen LogP contribution in [-0.4, -0.2) is 10.5 Å². The van der Waals surface area contributed by atoms with Crippen LogP contribution in [0.5, 0.6) is 0 Å². The van der Waals surface area contributed by atoms with E-state index in [-0.39, 0.29) is 54.1 Å². The Balaban J connectivity index is -0.000000563. The van der Waals surface area contributed by atoms with Crippen LogP contribution in [0.25, 0.3) is 0 Å². The molecular formula is C6H7ClLi2NO4PS. The van der Waals surface area contributed by atoms with Crippen molar-refractivity contribution in [1.82, 2.24) is 4.98 Å². The van der Waals surface area contributed by atoms with Crippen LogP contribution in [-0.2, 0) is 10.3 Å². The summed E-state index contributed by atoms with van der Waals surface area (Å²) in [4.78, 5) is 24.3.